The maximum absolute atomic E-state index is 12.8. The Labute approximate surface area is 211 Å². The highest BCUT2D eigenvalue weighted by atomic mass is 127. The van der Waals surface area contributed by atoms with E-state index in [2.05, 4.69) is 52.3 Å². The van der Waals surface area contributed by atoms with Crippen molar-refractivity contribution < 1.29 is 18.9 Å². The molecule has 0 spiro atoms. The fourth-order valence-electron chi connectivity index (χ4n) is 3.68. The molecule has 6 N–H and O–H groups in total. The molecule has 0 radical (unpaired) electrons. The fourth-order valence-corrected chi connectivity index (χ4v) is 4.05. The zero-order valence-corrected chi connectivity index (χ0v) is 21.5. The van der Waals surface area contributed by atoms with Crippen LogP contribution in [0.5, 0.6) is 5.75 Å². The number of carbonyl (C=O) groups is 2. The fraction of sp³-hybridized carbons (Fsp3) is 0.409. The van der Waals surface area contributed by atoms with Crippen LogP contribution in [-0.2, 0) is 28.9 Å². The first kappa shape index (κ1) is 25.6. The summed E-state index contributed by atoms with van der Waals surface area (Å²) in [5.41, 5.74) is 14.0. The van der Waals surface area contributed by atoms with E-state index in [9.17, 15) is 9.59 Å². The molecule has 0 aliphatic rings. The van der Waals surface area contributed by atoms with Gasteiger partial charge in [-0.15, -0.1) is 0 Å². The van der Waals surface area contributed by atoms with E-state index in [1.54, 1.807) is 6.20 Å². The van der Waals surface area contributed by atoms with Gasteiger partial charge in [0.25, 0.3) is 17.6 Å². The number of anilines is 1. The summed E-state index contributed by atoms with van der Waals surface area (Å²) >= 11 is 2.16. The molecule has 34 heavy (non-hydrogen) atoms. The SMILES string of the molecule is CCn1c(CNC(=O)c2nc(CI)cnc2N)[n+](CC)c2ccc(OCC(=O)NCCN)cc21. The normalized spacial score (nSPS) is 10.9. The largest absolute Gasteiger partial charge is 0.484 e. The molecule has 0 saturated heterocycles. The van der Waals surface area contributed by atoms with Crippen LogP contribution in [-0.4, -0.2) is 46.0 Å². The number of aryl methyl sites for hydroxylation is 2. The van der Waals surface area contributed by atoms with Crippen molar-refractivity contribution >= 4 is 51.3 Å². The van der Waals surface area contributed by atoms with Gasteiger partial charge in [-0.05, 0) is 26.0 Å². The molecule has 3 aromatic rings. The second kappa shape index (κ2) is 11.9. The zero-order valence-electron chi connectivity index (χ0n) is 19.3. The van der Waals surface area contributed by atoms with Gasteiger partial charge < -0.3 is 26.8 Å². The Hall–Kier alpha value is -3.00. The van der Waals surface area contributed by atoms with Crippen molar-refractivity contribution in [3.05, 3.63) is 41.6 Å². The molecule has 2 heterocycles. The number of fused-ring (bicyclic) bond motifs is 1. The number of hydrogen-bond donors (Lipinski definition) is 4. The van der Waals surface area contributed by atoms with Crippen LogP contribution in [0.3, 0.4) is 0 Å². The van der Waals surface area contributed by atoms with Gasteiger partial charge in [-0.2, -0.15) is 0 Å². The zero-order chi connectivity index (χ0) is 24.7. The van der Waals surface area contributed by atoms with Crippen molar-refractivity contribution in [3.63, 3.8) is 0 Å². The Kier molecular flexibility index (Phi) is 8.98. The molecule has 11 nitrogen and oxygen atoms in total. The Morgan fingerprint density at radius 1 is 1.26 bits per heavy atom. The van der Waals surface area contributed by atoms with Gasteiger partial charge in [0.05, 0.1) is 25.0 Å². The average molecular weight is 581 g/mol. The Bertz CT molecular complexity index is 1180. The standard InChI is InChI=1S/C22H29IN8O3/c1-3-30-16-6-5-15(34-13-18(32)26-8-7-24)9-17(16)31(4-2)19(30)12-28-22(33)20-21(25)27-11-14(10-23)29-20/h5-6,9,11H,3-4,7-8,10,12-13,24H2,1-2H3,(H3-,25,26,27,28,32,33)/p+1. The Morgan fingerprint density at radius 3 is 2.74 bits per heavy atom. The summed E-state index contributed by atoms with van der Waals surface area (Å²) in [6.45, 7) is 6.45. The molecule has 0 unspecified atom stereocenters. The first-order chi connectivity index (χ1) is 16.4. The van der Waals surface area contributed by atoms with Gasteiger partial charge in [0.1, 0.15) is 12.3 Å². The van der Waals surface area contributed by atoms with Crippen LogP contribution in [0.2, 0.25) is 0 Å². The monoisotopic (exact) mass is 581 g/mol. The van der Waals surface area contributed by atoms with Gasteiger partial charge in [-0.3, -0.25) is 9.59 Å². The van der Waals surface area contributed by atoms with Gasteiger partial charge in [0, 0.05) is 23.6 Å². The van der Waals surface area contributed by atoms with Crippen LogP contribution in [0.4, 0.5) is 5.82 Å². The number of amides is 2. The van der Waals surface area contributed by atoms with E-state index in [4.69, 9.17) is 16.2 Å². The van der Waals surface area contributed by atoms with Crippen LogP contribution in [0.25, 0.3) is 11.0 Å². The van der Waals surface area contributed by atoms with Crippen molar-refractivity contribution in [1.82, 2.24) is 25.2 Å². The smallest absolute Gasteiger partial charge is 0.277 e. The lowest BCUT2D eigenvalue weighted by atomic mass is 10.3. The molecule has 0 aliphatic heterocycles. The van der Waals surface area contributed by atoms with E-state index < -0.39 is 0 Å². The van der Waals surface area contributed by atoms with E-state index in [0.29, 0.717) is 42.1 Å². The number of nitrogen functional groups attached to an aromatic ring is 1. The summed E-state index contributed by atoms with van der Waals surface area (Å²) in [6.07, 6.45) is 1.57. The quantitative estimate of drug-likeness (QED) is 0.147. The number of nitrogens with two attached hydrogens (primary N) is 2. The molecule has 2 aromatic heterocycles. The van der Waals surface area contributed by atoms with Gasteiger partial charge >= 0.3 is 0 Å². The predicted octanol–water partition coefficient (Wildman–Crippen LogP) is 0.660. The number of benzene rings is 1. The number of nitrogens with zero attached hydrogens (tertiary/aromatic N) is 4. The van der Waals surface area contributed by atoms with Crippen molar-refractivity contribution in [2.45, 2.75) is 37.9 Å². The minimum atomic E-state index is -0.375. The molecule has 2 amide bonds. The third kappa shape index (κ3) is 5.73. The van der Waals surface area contributed by atoms with Gasteiger partial charge in [-0.25, -0.2) is 19.1 Å². The molecular weight excluding hydrogens is 551 g/mol. The molecule has 0 atom stereocenters. The van der Waals surface area contributed by atoms with E-state index in [1.165, 1.54) is 0 Å². The average Bonchev–Trinajstić information content (AvgIpc) is 3.16. The molecule has 0 bridgehead atoms. The van der Waals surface area contributed by atoms with Crippen molar-refractivity contribution in [2.24, 2.45) is 5.73 Å². The van der Waals surface area contributed by atoms with Crippen LogP contribution < -0.4 is 31.4 Å². The lowest BCUT2D eigenvalue weighted by molar-refractivity contribution is -0.676. The van der Waals surface area contributed by atoms with E-state index >= 15 is 0 Å². The maximum atomic E-state index is 12.8. The Balaban J connectivity index is 1.84. The number of ether oxygens (including phenoxy) is 1. The number of carbonyl (C=O) groups excluding carboxylic acids is 2. The summed E-state index contributed by atoms with van der Waals surface area (Å²) < 4.78 is 10.5. The van der Waals surface area contributed by atoms with Crippen LogP contribution in [0.1, 0.15) is 35.9 Å². The van der Waals surface area contributed by atoms with Crippen molar-refractivity contribution in [1.29, 1.82) is 0 Å². The lowest BCUT2D eigenvalue weighted by Crippen LogP contribution is -2.40. The van der Waals surface area contributed by atoms with Crippen molar-refractivity contribution in [3.8, 4) is 5.75 Å². The molecule has 0 aliphatic carbocycles. The van der Waals surface area contributed by atoms with Gasteiger partial charge in [0.15, 0.2) is 29.2 Å². The molecule has 0 saturated carbocycles. The van der Waals surface area contributed by atoms with Crippen molar-refractivity contribution in [2.75, 3.05) is 25.4 Å². The van der Waals surface area contributed by atoms with Crippen LogP contribution in [0, 0.1) is 0 Å². The third-order valence-corrected chi connectivity index (χ3v) is 6.01. The van der Waals surface area contributed by atoms with Gasteiger partial charge in [0.2, 0.25) is 0 Å². The third-order valence-electron chi connectivity index (χ3n) is 5.23. The maximum Gasteiger partial charge on any atom is 0.277 e. The number of alkyl halides is 1. The minimum Gasteiger partial charge on any atom is -0.484 e. The summed E-state index contributed by atoms with van der Waals surface area (Å²) in [5.74, 6) is 1.00. The molecular formula is C22H30IN8O3+. The van der Waals surface area contributed by atoms with Gasteiger partial charge in [-0.1, -0.05) is 22.6 Å². The molecule has 1 aromatic carbocycles. The Morgan fingerprint density at radius 2 is 2.06 bits per heavy atom. The molecule has 3 rings (SSSR count). The first-order valence-electron chi connectivity index (χ1n) is 11.0. The number of rotatable bonds is 11. The highest BCUT2D eigenvalue weighted by molar-refractivity contribution is 14.1. The number of halogens is 1. The van der Waals surface area contributed by atoms with E-state index in [1.807, 2.05) is 32.0 Å². The second-order valence-electron chi connectivity index (χ2n) is 7.39. The highest BCUT2D eigenvalue weighted by Crippen LogP contribution is 2.22. The second-order valence-corrected chi connectivity index (χ2v) is 8.16. The topological polar surface area (TPSA) is 154 Å². The first-order valence-corrected chi connectivity index (χ1v) is 12.6. The number of aromatic nitrogens is 4. The summed E-state index contributed by atoms with van der Waals surface area (Å²) in [5, 5.41) is 5.61. The molecule has 0 fully saturated rings. The minimum absolute atomic E-state index is 0.0895. The van der Waals surface area contributed by atoms with E-state index in [-0.39, 0.29) is 36.5 Å². The summed E-state index contributed by atoms with van der Waals surface area (Å²) in [6, 6.07) is 5.69. The highest BCUT2D eigenvalue weighted by Gasteiger charge is 2.25. The van der Waals surface area contributed by atoms with E-state index in [0.717, 1.165) is 16.9 Å². The van der Waals surface area contributed by atoms with Crippen LogP contribution >= 0.6 is 22.6 Å². The number of imidazole rings is 1. The molecule has 12 heteroatoms. The number of hydrogen-bond acceptors (Lipinski definition) is 7. The summed E-state index contributed by atoms with van der Waals surface area (Å²) in [4.78, 5) is 33.0. The summed E-state index contributed by atoms with van der Waals surface area (Å²) in [7, 11) is 0. The number of nitrogens with one attached hydrogen (secondary N) is 2. The van der Waals surface area contributed by atoms with Crippen LogP contribution in [0.15, 0.2) is 24.4 Å². The predicted molar refractivity (Wildman–Crippen MR) is 136 cm³/mol. The molecule has 182 valence electrons. The lowest BCUT2D eigenvalue weighted by Gasteiger charge is -2.07.